The maximum absolute atomic E-state index is 13.6. The molecule has 5 aromatic rings. The molecule has 0 radical (unpaired) electrons. The number of nitrogens with one attached hydrogen (secondary N) is 2. The summed E-state index contributed by atoms with van der Waals surface area (Å²) in [6, 6.07) is 25.1. The highest BCUT2D eigenvalue weighted by molar-refractivity contribution is 6.06. The maximum Gasteiger partial charge on any atom is 0.262 e. The van der Waals surface area contributed by atoms with Gasteiger partial charge in [0.2, 0.25) is 11.8 Å². The first-order valence-electron chi connectivity index (χ1n) is 15.9. The van der Waals surface area contributed by atoms with Gasteiger partial charge in [0, 0.05) is 48.3 Å². The van der Waals surface area contributed by atoms with Crippen molar-refractivity contribution in [2.24, 2.45) is 0 Å². The fourth-order valence-electron chi connectivity index (χ4n) is 5.61. The Bertz CT molecular complexity index is 1730. The average molecular weight is 617 g/mol. The Kier molecular flexibility index (Phi) is 9.90. The molecule has 3 aromatic carbocycles. The standard InChI is InChI=1S/C37H40N6O3/c1-27-11-8-12-28(2)34(27)40-35(44)33-26-38-37(41-36(33)46-31-17-15-30(16-18-31)43-22-6-7-23-43)39-29-13-9-14-32(25-29)45-24-10-21-42-19-4-3-5-20-42/h6-9,11-18,22-23,25-26H,3-5,10,19-21,24H2,1-2H3,(H,40,44)(H,38,39,41). The van der Waals surface area contributed by atoms with E-state index in [0.29, 0.717) is 18.3 Å². The molecular weight excluding hydrogens is 576 g/mol. The minimum Gasteiger partial charge on any atom is -0.493 e. The molecule has 1 saturated heterocycles. The summed E-state index contributed by atoms with van der Waals surface area (Å²) in [7, 11) is 0. The molecule has 2 N–H and O–H groups in total. The van der Waals surface area contributed by atoms with Crippen LogP contribution in [0, 0.1) is 13.8 Å². The Morgan fingerprint density at radius 1 is 0.870 bits per heavy atom. The third-order valence-electron chi connectivity index (χ3n) is 8.10. The highest BCUT2D eigenvalue weighted by atomic mass is 16.5. The molecule has 0 unspecified atom stereocenters. The van der Waals surface area contributed by atoms with Crippen LogP contribution in [0.4, 0.5) is 17.3 Å². The van der Waals surface area contributed by atoms with E-state index in [0.717, 1.165) is 46.9 Å². The normalized spacial score (nSPS) is 13.3. The fraction of sp³-hybridized carbons (Fsp3) is 0.270. The van der Waals surface area contributed by atoms with E-state index in [1.807, 2.05) is 110 Å². The molecule has 0 bridgehead atoms. The first-order valence-corrected chi connectivity index (χ1v) is 15.9. The Balaban J connectivity index is 1.18. The van der Waals surface area contributed by atoms with Gasteiger partial charge in [-0.2, -0.15) is 4.98 Å². The zero-order valence-electron chi connectivity index (χ0n) is 26.4. The van der Waals surface area contributed by atoms with Crippen molar-refractivity contribution in [1.82, 2.24) is 19.4 Å². The van der Waals surface area contributed by atoms with E-state index in [9.17, 15) is 4.79 Å². The smallest absolute Gasteiger partial charge is 0.262 e. The lowest BCUT2D eigenvalue weighted by molar-refractivity contribution is 0.102. The molecule has 1 aliphatic rings. The molecule has 0 spiro atoms. The van der Waals surface area contributed by atoms with Crippen molar-refractivity contribution in [2.75, 3.05) is 36.9 Å². The number of anilines is 3. The number of rotatable bonds is 12. The Labute approximate surface area is 270 Å². The van der Waals surface area contributed by atoms with Gasteiger partial charge in [-0.05, 0) is 106 Å². The zero-order valence-corrected chi connectivity index (χ0v) is 26.4. The maximum atomic E-state index is 13.6. The highest BCUT2D eigenvalue weighted by Gasteiger charge is 2.19. The summed E-state index contributed by atoms with van der Waals surface area (Å²) in [6.07, 6.45) is 10.4. The molecule has 1 aliphatic heterocycles. The lowest BCUT2D eigenvalue weighted by atomic mass is 10.1. The molecule has 3 heterocycles. The number of aromatic nitrogens is 3. The second-order valence-corrected chi connectivity index (χ2v) is 11.6. The van der Waals surface area contributed by atoms with Crippen LogP contribution >= 0.6 is 0 Å². The van der Waals surface area contributed by atoms with Gasteiger partial charge in [-0.1, -0.05) is 30.7 Å². The largest absolute Gasteiger partial charge is 0.493 e. The molecule has 0 saturated carbocycles. The van der Waals surface area contributed by atoms with Crippen LogP contribution in [-0.2, 0) is 0 Å². The van der Waals surface area contributed by atoms with Crippen LogP contribution in [0.2, 0.25) is 0 Å². The van der Waals surface area contributed by atoms with Gasteiger partial charge in [-0.25, -0.2) is 4.98 Å². The van der Waals surface area contributed by atoms with E-state index >= 15 is 0 Å². The first kappa shape index (κ1) is 30.9. The van der Waals surface area contributed by atoms with Crippen LogP contribution in [0.15, 0.2) is 97.5 Å². The van der Waals surface area contributed by atoms with Gasteiger partial charge in [-0.3, -0.25) is 4.79 Å². The third kappa shape index (κ3) is 7.92. The monoisotopic (exact) mass is 616 g/mol. The topological polar surface area (TPSA) is 93.5 Å². The fourth-order valence-corrected chi connectivity index (χ4v) is 5.61. The van der Waals surface area contributed by atoms with Crippen LogP contribution in [-0.4, -0.2) is 51.6 Å². The average Bonchev–Trinajstić information content (AvgIpc) is 3.61. The summed E-state index contributed by atoms with van der Waals surface area (Å²) in [5.41, 5.74) is 4.65. The lowest BCUT2D eigenvalue weighted by Crippen LogP contribution is -2.31. The zero-order chi connectivity index (χ0) is 31.7. The molecule has 9 nitrogen and oxygen atoms in total. The number of para-hydroxylation sites is 1. The molecular formula is C37H40N6O3. The molecule has 0 aliphatic carbocycles. The van der Waals surface area contributed by atoms with Crippen molar-refractivity contribution in [3.8, 4) is 23.1 Å². The minimum atomic E-state index is -0.358. The molecule has 1 fully saturated rings. The summed E-state index contributed by atoms with van der Waals surface area (Å²) < 4.78 is 14.3. The Morgan fingerprint density at radius 2 is 1.61 bits per heavy atom. The van der Waals surface area contributed by atoms with E-state index in [2.05, 4.69) is 25.5 Å². The van der Waals surface area contributed by atoms with Crippen molar-refractivity contribution >= 4 is 23.2 Å². The van der Waals surface area contributed by atoms with Crippen LogP contribution < -0.4 is 20.1 Å². The number of likely N-dealkylation sites (tertiary alicyclic amines) is 1. The predicted molar refractivity (Wildman–Crippen MR) is 182 cm³/mol. The number of aryl methyl sites for hydroxylation is 2. The van der Waals surface area contributed by atoms with Gasteiger partial charge in [-0.15, -0.1) is 0 Å². The third-order valence-corrected chi connectivity index (χ3v) is 8.10. The van der Waals surface area contributed by atoms with Crippen LogP contribution in [0.1, 0.15) is 47.2 Å². The number of piperidine rings is 1. The molecule has 1 amide bonds. The minimum absolute atomic E-state index is 0.139. The van der Waals surface area contributed by atoms with Gasteiger partial charge in [0.05, 0.1) is 6.61 Å². The summed E-state index contributed by atoms with van der Waals surface area (Å²) >= 11 is 0. The molecule has 2 aromatic heterocycles. The van der Waals surface area contributed by atoms with Gasteiger partial charge in [0.1, 0.15) is 17.1 Å². The van der Waals surface area contributed by atoms with Gasteiger partial charge >= 0.3 is 0 Å². The van der Waals surface area contributed by atoms with Crippen molar-refractivity contribution in [1.29, 1.82) is 0 Å². The number of amides is 1. The van der Waals surface area contributed by atoms with Gasteiger partial charge in [0.15, 0.2) is 0 Å². The quantitative estimate of drug-likeness (QED) is 0.138. The summed E-state index contributed by atoms with van der Waals surface area (Å²) in [5, 5.41) is 6.28. The van der Waals surface area contributed by atoms with Crippen LogP contribution in [0.3, 0.4) is 0 Å². The number of benzene rings is 3. The number of hydrogen-bond donors (Lipinski definition) is 2. The van der Waals surface area contributed by atoms with E-state index < -0.39 is 0 Å². The number of ether oxygens (including phenoxy) is 2. The SMILES string of the molecule is Cc1cccc(C)c1NC(=O)c1cnc(Nc2cccc(OCCCN3CCCCC3)c2)nc1Oc1ccc(-n2cccc2)cc1. The number of carbonyl (C=O) groups excluding carboxylic acids is 1. The van der Waals surface area contributed by atoms with E-state index in [-0.39, 0.29) is 17.4 Å². The Hall–Kier alpha value is -5.15. The summed E-state index contributed by atoms with van der Waals surface area (Å²) in [5.74, 6) is 1.39. The van der Waals surface area contributed by atoms with Crippen LogP contribution in [0.25, 0.3) is 5.69 Å². The number of hydrogen-bond acceptors (Lipinski definition) is 7. The molecule has 46 heavy (non-hydrogen) atoms. The first-order chi connectivity index (χ1) is 22.5. The van der Waals surface area contributed by atoms with Crippen molar-refractivity contribution in [3.05, 3.63) is 114 Å². The van der Waals surface area contributed by atoms with Gasteiger partial charge < -0.3 is 29.6 Å². The van der Waals surface area contributed by atoms with Gasteiger partial charge in [0.25, 0.3) is 5.91 Å². The molecule has 236 valence electrons. The molecule has 0 atom stereocenters. The van der Waals surface area contributed by atoms with E-state index in [4.69, 9.17) is 9.47 Å². The Morgan fingerprint density at radius 3 is 2.37 bits per heavy atom. The van der Waals surface area contributed by atoms with E-state index in [1.165, 1.54) is 38.5 Å². The number of carbonyl (C=O) groups is 1. The van der Waals surface area contributed by atoms with Crippen molar-refractivity contribution in [3.63, 3.8) is 0 Å². The summed E-state index contributed by atoms with van der Waals surface area (Å²) in [6.45, 7) is 8.02. The van der Waals surface area contributed by atoms with Crippen molar-refractivity contribution in [2.45, 2.75) is 39.5 Å². The second-order valence-electron chi connectivity index (χ2n) is 11.6. The van der Waals surface area contributed by atoms with Crippen LogP contribution in [0.5, 0.6) is 17.4 Å². The molecule has 9 heteroatoms. The molecule has 6 rings (SSSR count). The summed E-state index contributed by atoms with van der Waals surface area (Å²) in [4.78, 5) is 25.2. The predicted octanol–water partition coefficient (Wildman–Crippen LogP) is 7.93. The second kappa shape index (κ2) is 14.8. The van der Waals surface area contributed by atoms with E-state index in [1.54, 1.807) is 0 Å². The number of nitrogens with zero attached hydrogens (tertiary/aromatic N) is 4. The lowest BCUT2D eigenvalue weighted by Gasteiger charge is -2.26. The highest BCUT2D eigenvalue weighted by Crippen LogP contribution is 2.29. The van der Waals surface area contributed by atoms with Crippen molar-refractivity contribution < 1.29 is 14.3 Å².